The number of hydrogen-bond acceptors (Lipinski definition) is 3. The second-order valence-corrected chi connectivity index (χ2v) is 6.15. The lowest BCUT2D eigenvalue weighted by Gasteiger charge is -2.31. The van der Waals surface area contributed by atoms with E-state index in [0.717, 1.165) is 51.5 Å². The summed E-state index contributed by atoms with van der Waals surface area (Å²) in [4.78, 5) is 14.5. The van der Waals surface area contributed by atoms with Crippen LogP contribution in [0.5, 0.6) is 0 Å². The molecule has 0 aromatic carbocycles. The number of likely N-dealkylation sites (tertiary alicyclic amines) is 1. The molecule has 110 valence electrons. The average molecular weight is 267 g/mol. The van der Waals surface area contributed by atoms with E-state index in [1.807, 2.05) is 0 Å². The zero-order chi connectivity index (χ0) is 13.5. The SMILES string of the molecule is NCCN1CCC(C(=O)NCC2CCCCC2)CC1. The van der Waals surface area contributed by atoms with Gasteiger partial charge in [-0.05, 0) is 44.7 Å². The van der Waals surface area contributed by atoms with Crippen LogP contribution in [0.2, 0.25) is 0 Å². The van der Waals surface area contributed by atoms with Crippen LogP contribution in [0, 0.1) is 11.8 Å². The molecule has 0 aromatic heterocycles. The van der Waals surface area contributed by atoms with Crippen LogP contribution < -0.4 is 11.1 Å². The van der Waals surface area contributed by atoms with E-state index in [4.69, 9.17) is 5.73 Å². The number of carbonyl (C=O) groups is 1. The summed E-state index contributed by atoms with van der Waals surface area (Å²) < 4.78 is 0. The van der Waals surface area contributed by atoms with Crippen LogP contribution in [0.1, 0.15) is 44.9 Å². The maximum atomic E-state index is 12.2. The smallest absolute Gasteiger partial charge is 0.223 e. The molecule has 0 radical (unpaired) electrons. The summed E-state index contributed by atoms with van der Waals surface area (Å²) in [6.45, 7) is 4.65. The minimum Gasteiger partial charge on any atom is -0.356 e. The number of amides is 1. The standard InChI is InChI=1S/C15H29N3O/c16-8-11-18-9-6-14(7-10-18)15(19)17-12-13-4-2-1-3-5-13/h13-14H,1-12,16H2,(H,17,19). The Morgan fingerprint density at radius 1 is 1.11 bits per heavy atom. The van der Waals surface area contributed by atoms with Crippen LogP contribution in [0.3, 0.4) is 0 Å². The summed E-state index contributed by atoms with van der Waals surface area (Å²) in [7, 11) is 0. The van der Waals surface area contributed by atoms with Crippen LogP contribution in [-0.2, 0) is 4.79 Å². The average Bonchev–Trinajstić information content (AvgIpc) is 2.47. The van der Waals surface area contributed by atoms with Crippen LogP contribution in [0.25, 0.3) is 0 Å². The Balaban J connectivity index is 1.63. The van der Waals surface area contributed by atoms with Crippen molar-refractivity contribution in [1.82, 2.24) is 10.2 Å². The molecule has 0 atom stereocenters. The molecule has 1 saturated heterocycles. The van der Waals surface area contributed by atoms with E-state index < -0.39 is 0 Å². The molecule has 4 nitrogen and oxygen atoms in total. The number of carbonyl (C=O) groups excluding carboxylic acids is 1. The molecule has 1 aliphatic heterocycles. The topological polar surface area (TPSA) is 58.4 Å². The number of hydrogen-bond donors (Lipinski definition) is 2. The van der Waals surface area contributed by atoms with Crippen molar-refractivity contribution in [1.29, 1.82) is 0 Å². The lowest BCUT2D eigenvalue weighted by molar-refractivity contribution is -0.126. The lowest BCUT2D eigenvalue weighted by Crippen LogP contribution is -2.43. The predicted molar refractivity (Wildman–Crippen MR) is 77.8 cm³/mol. The van der Waals surface area contributed by atoms with Crippen molar-refractivity contribution in [2.45, 2.75) is 44.9 Å². The molecular formula is C15H29N3O. The third kappa shape index (κ3) is 4.77. The van der Waals surface area contributed by atoms with Gasteiger partial charge in [0.2, 0.25) is 5.91 Å². The summed E-state index contributed by atoms with van der Waals surface area (Å²) >= 11 is 0. The van der Waals surface area contributed by atoms with E-state index in [1.165, 1.54) is 32.1 Å². The summed E-state index contributed by atoms with van der Waals surface area (Å²) in [6.07, 6.45) is 8.66. The van der Waals surface area contributed by atoms with Crippen LogP contribution >= 0.6 is 0 Å². The first-order valence-electron chi connectivity index (χ1n) is 7.99. The Morgan fingerprint density at radius 2 is 1.79 bits per heavy atom. The Morgan fingerprint density at radius 3 is 2.42 bits per heavy atom. The van der Waals surface area contributed by atoms with E-state index in [9.17, 15) is 4.79 Å². The van der Waals surface area contributed by atoms with Gasteiger partial charge in [0.05, 0.1) is 0 Å². The molecule has 0 bridgehead atoms. The van der Waals surface area contributed by atoms with Crippen LogP contribution in [0.4, 0.5) is 0 Å². The molecule has 1 amide bonds. The van der Waals surface area contributed by atoms with Gasteiger partial charge < -0.3 is 16.0 Å². The highest BCUT2D eigenvalue weighted by Gasteiger charge is 2.25. The molecule has 19 heavy (non-hydrogen) atoms. The predicted octanol–water partition coefficient (Wildman–Crippen LogP) is 1.35. The van der Waals surface area contributed by atoms with E-state index in [-0.39, 0.29) is 11.8 Å². The minimum absolute atomic E-state index is 0.234. The van der Waals surface area contributed by atoms with Crippen molar-refractivity contribution in [3.05, 3.63) is 0 Å². The fourth-order valence-corrected chi connectivity index (χ4v) is 3.38. The van der Waals surface area contributed by atoms with Gasteiger partial charge in [0, 0.05) is 25.6 Å². The maximum absolute atomic E-state index is 12.2. The zero-order valence-electron chi connectivity index (χ0n) is 12.1. The molecule has 0 unspecified atom stereocenters. The number of nitrogens with one attached hydrogen (secondary N) is 1. The van der Waals surface area contributed by atoms with Crippen LogP contribution in [-0.4, -0.2) is 43.5 Å². The van der Waals surface area contributed by atoms with Crippen molar-refractivity contribution in [3.8, 4) is 0 Å². The van der Waals surface area contributed by atoms with Gasteiger partial charge in [-0.25, -0.2) is 0 Å². The molecule has 1 saturated carbocycles. The van der Waals surface area contributed by atoms with E-state index in [2.05, 4.69) is 10.2 Å². The Labute approximate surface area is 117 Å². The second kappa shape index (κ2) is 7.85. The van der Waals surface area contributed by atoms with Gasteiger partial charge in [0.15, 0.2) is 0 Å². The highest BCUT2D eigenvalue weighted by atomic mass is 16.1. The summed E-state index contributed by atoms with van der Waals surface area (Å²) in [5, 5.41) is 3.19. The Kier molecular flexibility index (Phi) is 6.11. The summed E-state index contributed by atoms with van der Waals surface area (Å²) in [6, 6.07) is 0. The molecular weight excluding hydrogens is 238 g/mol. The first kappa shape index (κ1) is 14.8. The van der Waals surface area contributed by atoms with Crippen LogP contribution in [0.15, 0.2) is 0 Å². The number of piperidine rings is 1. The first-order chi connectivity index (χ1) is 9.29. The third-order valence-electron chi connectivity index (χ3n) is 4.69. The van der Waals surface area contributed by atoms with E-state index >= 15 is 0 Å². The summed E-state index contributed by atoms with van der Waals surface area (Å²) in [5.41, 5.74) is 5.56. The Hall–Kier alpha value is -0.610. The Bertz CT molecular complexity index is 269. The summed E-state index contributed by atoms with van der Waals surface area (Å²) in [5.74, 6) is 1.26. The van der Waals surface area contributed by atoms with E-state index in [0.29, 0.717) is 0 Å². The molecule has 1 heterocycles. The maximum Gasteiger partial charge on any atom is 0.223 e. The quantitative estimate of drug-likeness (QED) is 0.790. The zero-order valence-corrected chi connectivity index (χ0v) is 12.1. The molecule has 1 aliphatic carbocycles. The first-order valence-corrected chi connectivity index (χ1v) is 7.99. The van der Waals surface area contributed by atoms with Crippen molar-refractivity contribution in [2.75, 3.05) is 32.7 Å². The number of nitrogens with two attached hydrogens (primary N) is 1. The fraction of sp³-hybridized carbons (Fsp3) is 0.933. The molecule has 0 spiro atoms. The van der Waals surface area contributed by atoms with Crippen molar-refractivity contribution in [2.24, 2.45) is 17.6 Å². The largest absolute Gasteiger partial charge is 0.356 e. The van der Waals surface area contributed by atoms with Crippen molar-refractivity contribution < 1.29 is 4.79 Å². The molecule has 2 fully saturated rings. The third-order valence-corrected chi connectivity index (χ3v) is 4.69. The number of rotatable bonds is 5. The van der Waals surface area contributed by atoms with Gasteiger partial charge >= 0.3 is 0 Å². The molecule has 3 N–H and O–H groups in total. The normalized spacial score (nSPS) is 23.4. The highest BCUT2D eigenvalue weighted by Crippen LogP contribution is 2.23. The van der Waals surface area contributed by atoms with Gasteiger partial charge in [0.25, 0.3) is 0 Å². The van der Waals surface area contributed by atoms with Gasteiger partial charge in [-0.3, -0.25) is 4.79 Å². The van der Waals surface area contributed by atoms with Crippen molar-refractivity contribution in [3.63, 3.8) is 0 Å². The van der Waals surface area contributed by atoms with Gasteiger partial charge in [-0.2, -0.15) is 0 Å². The molecule has 0 aromatic rings. The highest BCUT2D eigenvalue weighted by molar-refractivity contribution is 5.78. The molecule has 2 rings (SSSR count). The second-order valence-electron chi connectivity index (χ2n) is 6.15. The molecule has 2 aliphatic rings. The van der Waals surface area contributed by atoms with Gasteiger partial charge in [0.1, 0.15) is 0 Å². The van der Waals surface area contributed by atoms with Gasteiger partial charge in [-0.1, -0.05) is 19.3 Å². The molecule has 4 heteroatoms. The van der Waals surface area contributed by atoms with Gasteiger partial charge in [-0.15, -0.1) is 0 Å². The lowest BCUT2D eigenvalue weighted by atomic mass is 9.89. The van der Waals surface area contributed by atoms with Crippen molar-refractivity contribution >= 4 is 5.91 Å². The fourth-order valence-electron chi connectivity index (χ4n) is 3.38. The minimum atomic E-state index is 0.234. The number of nitrogens with zero attached hydrogens (tertiary/aromatic N) is 1. The van der Waals surface area contributed by atoms with E-state index in [1.54, 1.807) is 0 Å². The monoisotopic (exact) mass is 267 g/mol.